The highest BCUT2D eigenvalue weighted by Gasteiger charge is 2.30. The van der Waals surface area contributed by atoms with Crippen molar-refractivity contribution in [3.63, 3.8) is 0 Å². The van der Waals surface area contributed by atoms with Gasteiger partial charge in [0.05, 0.1) is 24.4 Å². The number of benzene rings is 2. The van der Waals surface area contributed by atoms with Crippen LogP contribution in [-0.4, -0.2) is 37.0 Å². The van der Waals surface area contributed by atoms with Crippen LogP contribution in [0.3, 0.4) is 0 Å². The van der Waals surface area contributed by atoms with Crippen molar-refractivity contribution >= 4 is 29.2 Å². The Balaban J connectivity index is 2.37. The van der Waals surface area contributed by atoms with E-state index in [4.69, 9.17) is 10.5 Å². The summed E-state index contributed by atoms with van der Waals surface area (Å²) >= 11 is 0. The largest absolute Gasteiger partial charge is 0.462 e. The third-order valence-corrected chi connectivity index (χ3v) is 3.91. The van der Waals surface area contributed by atoms with E-state index < -0.39 is 23.8 Å². The molecule has 0 aliphatic rings. The van der Waals surface area contributed by atoms with Crippen LogP contribution in [0.25, 0.3) is 0 Å². The van der Waals surface area contributed by atoms with E-state index >= 15 is 0 Å². The van der Waals surface area contributed by atoms with Gasteiger partial charge >= 0.3 is 5.97 Å². The van der Waals surface area contributed by atoms with Gasteiger partial charge in [0.15, 0.2) is 0 Å². The van der Waals surface area contributed by atoms with Crippen molar-refractivity contribution in [2.24, 2.45) is 5.73 Å². The van der Waals surface area contributed by atoms with Gasteiger partial charge in [-0.3, -0.25) is 14.5 Å². The third-order valence-electron chi connectivity index (χ3n) is 3.91. The van der Waals surface area contributed by atoms with Crippen LogP contribution in [0.1, 0.15) is 24.2 Å². The maximum Gasteiger partial charge on any atom is 0.340 e. The molecule has 1 atom stereocenters. The molecule has 0 bridgehead atoms. The van der Waals surface area contributed by atoms with E-state index in [1.54, 1.807) is 62.4 Å². The Kier molecular flexibility index (Phi) is 7.08. The van der Waals surface area contributed by atoms with E-state index in [1.165, 1.54) is 4.90 Å². The Morgan fingerprint density at radius 2 is 1.70 bits per heavy atom. The quantitative estimate of drug-likeness (QED) is 0.729. The maximum atomic E-state index is 12.7. The predicted molar refractivity (Wildman–Crippen MR) is 103 cm³/mol. The first-order valence-corrected chi connectivity index (χ1v) is 8.63. The van der Waals surface area contributed by atoms with Crippen LogP contribution in [0, 0.1) is 0 Å². The molecule has 0 saturated heterocycles. The molecule has 27 heavy (non-hydrogen) atoms. The lowest BCUT2D eigenvalue weighted by molar-refractivity contribution is -0.122. The summed E-state index contributed by atoms with van der Waals surface area (Å²) in [4.78, 5) is 38.7. The number of nitrogens with two attached hydrogens (primary N) is 1. The molecular weight excluding hydrogens is 346 g/mol. The van der Waals surface area contributed by atoms with Crippen molar-refractivity contribution in [2.45, 2.75) is 19.9 Å². The predicted octanol–water partition coefficient (Wildman–Crippen LogP) is 2.18. The first-order chi connectivity index (χ1) is 13.0. The second-order valence-electron chi connectivity index (χ2n) is 5.74. The molecule has 7 nitrogen and oxygen atoms in total. The Labute approximate surface area is 158 Å². The zero-order valence-electron chi connectivity index (χ0n) is 15.3. The summed E-state index contributed by atoms with van der Waals surface area (Å²) < 4.78 is 5.06. The minimum Gasteiger partial charge on any atom is -0.462 e. The SMILES string of the molecule is CCOC(=O)c1ccccc1N(C(=O)CN)C(C)C(=O)Nc1ccccc1. The number of anilines is 2. The van der Waals surface area contributed by atoms with Crippen molar-refractivity contribution in [1.82, 2.24) is 0 Å². The number of amides is 2. The van der Waals surface area contributed by atoms with Crippen molar-refractivity contribution in [3.05, 3.63) is 60.2 Å². The lowest BCUT2D eigenvalue weighted by Gasteiger charge is -2.29. The van der Waals surface area contributed by atoms with Gasteiger partial charge in [-0.25, -0.2) is 4.79 Å². The van der Waals surface area contributed by atoms with E-state index in [0.717, 1.165) is 0 Å². The highest BCUT2D eigenvalue weighted by molar-refractivity contribution is 6.08. The van der Waals surface area contributed by atoms with Gasteiger partial charge in [0.2, 0.25) is 11.8 Å². The molecule has 0 spiro atoms. The zero-order valence-corrected chi connectivity index (χ0v) is 15.3. The molecule has 3 N–H and O–H groups in total. The summed E-state index contributed by atoms with van der Waals surface area (Å²) in [6, 6.07) is 14.5. The van der Waals surface area contributed by atoms with Gasteiger partial charge in [0.1, 0.15) is 6.04 Å². The number of nitrogens with zero attached hydrogens (tertiary/aromatic N) is 1. The monoisotopic (exact) mass is 369 g/mol. The molecule has 7 heteroatoms. The smallest absolute Gasteiger partial charge is 0.340 e. The molecule has 142 valence electrons. The van der Waals surface area contributed by atoms with E-state index in [9.17, 15) is 14.4 Å². The molecule has 2 rings (SSSR count). The fourth-order valence-electron chi connectivity index (χ4n) is 2.61. The maximum absolute atomic E-state index is 12.7. The molecule has 1 unspecified atom stereocenters. The van der Waals surface area contributed by atoms with E-state index in [0.29, 0.717) is 5.69 Å². The van der Waals surface area contributed by atoms with Gasteiger partial charge in [0.25, 0.3) is 0 Å². The Morgan fingerprint density at radius 3 is 2.33 bits per heavy atom. The minimum atomic E-state index is -0.892. The minimum absolute atomic E-state index is 0.195. The Morgan fingerprint density at radius 1 is 1.07 bits per heavy atom. The van der Waals surface area contributed by atoms with E-state index in [-0.39, 0.29) is 24.4 Å². The highest BCUT2D eigenvalue weighted by Crippen LogP contribution is 2.24. The number of carbonyl (C=O) groups is 3. The molecule has 0 radical (unpaired) electrons. The number of carbonyl (C=O) groups excluding carboxylic acids is 3. The second-order valence-corrected chi connectivity index (χ2v) is 5.74. The number of para-hydroxylation sites is 2. The average Bonchev–Trinajstić information content (AvgIpc) is 2.69. The highest BCUT2D eigenvalue weighted by atomic mass is 16.5. The number of ether oxygens (including phenoxy) is 1. The normalized spacial score (nSPS) is 11.4. The van der Waals surface area contributed by atoms with Crippen LogP contribution < -0.4 is 16.0 Å². The lowest BCUT2D eigenvalue weighted by atomic mass is 10.1. The molecule has 0 saturated carbocycles. The number of rotatable bonds is 7. The zero-order chi connectivity index (χ0) is 19.8. The van der Waals surface area contributed by atoms with E-state index in [1.807, 2.05) is 6.07 Å². The van der Waals surface area contributed by atoms with Crippen LogP contribution in [0.15, 0.2) is 54.6 Å². The third kappa shape index (κ3) is 4.92. The number of hydrogen-bond donors (Lipinski definition) is 2. The van der Waals surface area contributed by atoms with Crippen LogP contribution in [-0.2, 0) is 14.3 Å². The second kappa shape index (κ2) is 9.49. The molecule has 2 aromatic rings. The first kappa shape index (κ1) is 20.1. The number of esters is 1. The van der Waals surface area contributed by atoms with Crippen LogP contribution in [0.2, 0.25) is 0 Å². The summed E-state index contributed by atoms with van der Waals surface area (Å²) in [6.45, 7) is 3.16. The number of hydrogen-bond acceptors (Lipinski definition) is 5. The molecule has 0 aliphatic carbocycles. The first-order valence-electron chi connectivity index (χ1n) is 8.63. The van der Waals surface area contributed by atoms with Gasteiger partial charge in [-0.15, -0.1) is 0 Å². The van der Waals surface area contributed by atoms with Gasteiger partial charge in [-0.05, 0) is 38.1 Å². The van der Waals surface area contributed by atoms with Crippen molar-refractivity contribution in [3.8, 4) is 0 Å². The topological polar surface area (TPSA) is 102 Å². The van der Waals surface area contributed by atoms with Crippen molar-refractivity contribution in [2.75, 3.05) is 23.4 Å². The van der Waals surface area contributed by atoms with Crippen LogP contribution >= 0.6 is 0 Å². The molecule has 0 aromatic heterocycles. The lowest BCUT2D eigenvalue weighted by Crippen LogP contribution is -2.48. The standard InChI is InChI=1S/C20H23N3O4/c1-3-27-20(26)16-11-7-8-12-17(16)23(18(24)13-21)14(2)19(25)22-15-9-5-4-6-10-15/h4-12,14H,3,13,21H2,1-2H3,(H,22,25). The Bertz CT molecular complexity index is 808. The van der Waals surface area contributed by atoms with Gasteiger partial charge < -0.3 is 15.8 Å². The summed E-state index contributed by atoms with van der Waals surface area (Å²) in [6.07, 6.45) is 0. The summed E-state index contributed by atoms with van der Waals surface area (Å²) in [5.41, 5.74) is 6.63. The molecule has 0 heterocycles. The molecule has 2 amide bonds. The summed E-state index contributed by atoms with van der Waals surface area (Å²) in [5.74, 6) is -1.46. The molecule has 0 aliphatic heterocycles. The van der Waals surface area contributed by atoms with E-state index in [2.05, 4.69) is 5.32 Å². The summed E-state index contributed by atoms with van der Waals surface area (Å²) in [5, 5.41) is 2.75. The van der Waals surface area contributed by atoms with Gasteiger partial charge in [-0.1, -0.05) is 30.3 Å². The van der Waals surface area contributed by atoms with Crippen molar-refractivity contribution in [1.29, 1.82) is 0 Å². The van der Waals surface area contributed by atoms with Gasteiger partial charge in [0, 0.05) is 5.69 Å². The molecule has 2 aromatic carbocycles. The fourth-order valence-corrected chi connectivity index (χ4v) is 2.61. The van der Waals surface area contributed by atoms with Crippen LogP contribution in [0.5, 0.6) is 0 Å². The molecule has 0 fully saturated rings. The Hall–Kier alpha value is -3.19. The van der Waals surface area contributed by atoms with Crippen molar-refractivity contribution < 1.29 is 19.1 Å². The molecular formula is C20H23N3O4. The van der Waals surface area contributed by atoms with Gasteiger partial charge in [-0.2, -0.15) is 0 Å². The summed E-state index contributed by atoms with van der Waals surface area (Å²) in [7, 11) is 0. The average molecular weight is 369 g/mol. The fraction of sp³-hybridized carbons (Fsp3) is 0.250. The van der Waals surface area contributed by atoms with Crippen LogP contribution in [0.4, 0.5) is 11.4 Å². The number of nitrogens with one attached hydrogen (secondary N) is 1.